The first-order valence-electron chi connectivity index (χ1n) is 28.1. The van der Waals surface area contributed by atoms with Crippen molar-refractivity contribution in [2.45, 2.75) is 19.7 Å². The van der Waals surface area contributed by atoms with Crippen LogP contribution in [0.4, 0.5) is 0 Å². The number of nitrogens with zero attached hydrogens (tertiary/aromatic N) is 5. The van der Waals surface area contributed by atoms with E-state index in [0.717, 1.165) is 54.9 Å². The summed E-state index contributed by atoms with van der Waals surface area (Å²) in [6, 6.07) is 47.1. The zero-order chi connectivity index (χ0) is 55.6. The molecule has 0 aliphatic heterocycles. The molecule has 0 saturated carbocycles. The summed E-state index contributed by atoms with van der Waals surface area (Å²) in [7, 11) is 0. The van der Waals surface area contributed by atoms with E-state index >= 15 is 0 Å². The smallest absolute Gasteiger partial charge is 0.269 e. The molecule has 13 aromatic rings. The molecule has 6 nitrogen and oxygen atoms in total. The molecule has 0 fully saturated rings. The van der Waals surface area contributed by atoms with Gasteiger partial charge in [0.15, 0.2) is 0 Å². The summed E-state index contributed by atoms with van der Waals surface area (Å²) in [5.74, 6) is 0.726. The van der Waals surface area contributed by atoms with Crippen LogP contribution >= 0.6 is 0 Å². The van der Waals surface area contributed by atoms with Crippen LogP contribution in [0.1, 0.15) is 40.4 Å². The maximum atomic E-state index is 9.11. The van der Waals surface area contributed by atoms with Crippen LogP contribution in [0.25, 0.3) is 99.8 Å². The minimum absolute atomic E-state index is 0.143. The Kier molecular flexibility index (Phi) is 7.21. The fourth-order valence-electron chi connectivity index (χ4n) is 9.76. The Morgan fingerprint density at radius 2 is 1.14 bits per heavy atom. The number of rotatable bonds is 9. The lowest BCUT2D eigenvalue weighted by Crippen LogP contribution is -2.31. The van der Waals surface area contributed by atoms with Gasteiger partial charge in [-0.3, -0.25) is 13.7 Å². The Balaban J connectivity index is 1.03. The number of pyridine rings is 1. The number of fused-ring (bicyclic) bond motifs is 7. The summed E-state index contributed by atoms with van der Waals surface area (Å²) in [5, 5.41) is 4.15. The van der Waals surface area contributed by atoms with E-state index in [4.69, 9.17) is 24.8 Å². The van der Waals surface area contributed by atoms with E-state index < -0.39 is 66.3 Å². The second-order valence-electron chi connectivity index (χ2n) is 17.0. The minimum Gasteiger partial charge on any atom is -0.458 e. The monoisotopic (exact) mass is 898 g/mol. The first-order valence-corrected chi connectivity index (χ1v) is 22.6. The molecule has 0 radical (unpaired) electrons. The fraction of sp³-hybridized carbons (Fsp3) is 0.0476. The molecule has 13 rings (SSSR count). The van der Waals surface area contributed by atoms with Gasteiger partial charge >= 0.3 is 0 Å². The lowest BCUT2D eigenvalue weighted by molar-refractivity contribution is -0.571. The van der Waals surface area contributed by atoms with Gasteiger partial charge in [0.2, 0.25) is 0 Å². The van der Waals surface area contributed by atoms with Gasteiger partial charge in [-0.25, -0.2) is 4.98 Å². The molecule has 9 aromatic carbocycles. The normalized spacial score (nSPS) is 14.1. The largest absolute Gasteiger partial charge is 0.458 e. The number of aromatic nitrogens is 5. The number of hydrogen-bond acceptors (Lipinski definition) is 2. The van der Waals surface area contributed by atoms with E-state index in [9.17, 15) is 0 Å². The SMILES string of the molecule is [2H]c1c([2H])c([2H])c(-c2cccc(-c3c([2H])c([2H])c([2H])c([2H])c3[2H])c2-[n+]2[c-]n(-c3cccc(Oc4cc(-n5c6ccccc6c6ccccc65)c5c6ccccc6n(-c6cc(C([2H])(C)C)ccn6)c5c4)c3)c3ccccc32)c([2H])c1[2H]. The van der Waals surface area contributed by atoms with Gasteiger partial charge in [0, 0.05) is 41.2 Å². The number of benzene rings is 9. The maximum Gasteiger partial charge on any atom is 0.269 e. The highest BCUT2D eigenvalue weighted by Crippen LogP contribution is 2.43. The van der Waals surface area contributed by atoms with Crippen molar-refractivity contribution >= 4 is 54.6 Å². The van der Waals surface area contributed by atoms with Crippen LogP contribution in [0.5, 0.6) is 11.5 Å². The topological polar surface area (TPSA) is 40.8 Å². The van der Waals surface area contributed by atoms with Crippen LogP contribution in [-0.2, 0) is 0 Å². The van der Waals surface area contributed by atoms with Crippen molar-refractivity contribution in [3.8, 4) is 56.6 Å². The number of imidazole rings is 1. The summed E-state index contributed by atoms with van der Waals surface area (Å²) < 4.78 is 112. The van der Waals surface area contributed by atoms with Crippen LogP contribution in [0, 0.1) is 6.33 Å². The standard InChI is InChI=1S/C63H45N5O/c1-42(2)45-35-36-64-61(37-45)68-56-32-14-11-27-53(56)62-59(67-54-30-12-9-25-51(54)52-26-10-13-31-55(52)67)39-48(40-60(62)68)69-47-24-17-23-46(38-47)65-41-66(58-34-16-15-33-57(58)65)63-49(43-19-5-3-6-20-43)28-18-29-50(63)44-21-7-4-8-22-44/h3-40,42H,1-2H3/i3D,4D,5D,6D,7D,8D,19D,20D,21D,22D,42D. The first-order chi connectivity index (χ1) is 38.5. The van der Waals surface area contributed by atoms with E-state index in [0.29, 0.717) is 34.0 Å². The molecule has 69 heavy (non-hydrogen) atoms. The third kappa shape index (κ3) is 6.71. The molecule has 328 valence electrons. The highest BCUT2D eigenvalue weighted by atomic mass is 16.5. The van der Waals surface area contributed by atoms with Crippen LogP contribution < -0.4 is 9.30 Å². The van der Waals surface area contributed by atoms with Gasteiger partial charge < -0.3 is 9.30 Å². The fourth-order valence-corrected chi connectivity index (χ4v) is 9.76. The van der Waals surface area contributed by atoms with Gasteiger partial charge in [-0.15, -0.1) is 0 Å². The van der Waals surface area contributed by atoms with E-state index in [1.807, 2.05) is 117 Å². The molecular formula is C63H45N5O. The third-order valence-electron chi connectivity index (χ3n) is 12.8. The summed E-state index contributed by atoms with van der Waals surface area (Å²) in [5.41, 5.74) is 7.35. The molecule has 0 amide bonds. The van der Waals surface area contributed by atoms with Crippen molar-refractivity contribution in [1.82, 2.24) is 18.7 Å². The van der Waals surface area contributed by atoms with Crippen molar-refractivity contribution in [3.05, 3.63) is 242 Å². The molecule has 4 aromatic heterocycles. The average molecular weight is 899 g/mol. The Morgan fingerprint density at radius 1 is 0.551 bits per heavy atom. The van der Waals surface area contributed by atoms with Gasteiger partial charge in [-0.05, 0) is 82.2 Å². The van der Waals surface area contributed by atoms with E-state index in [1.54, 1.807) is 33.5 Å². The molecule has 0 aliphatic rings. The summed E-state index contributed by atoms with van der Waals surface area (Å²) in [4.78, 5) is 4.92. The lowest BCUT2D eigenvalue weighted by atomic mass is 9.95. The molecular weight excluding hydrogens is 843 g/mol. The van der Waals surface area contributed by atoms with E-state index in [1.165, 1.54) is 0 Å². The highest BCUT2D eigenvalue weighted by Gasteiger charge is 2.23. The molecule has 0 atom stereocenters. The van der Waals surface area contributed by atoms with E-state index in [-0.39, 0.29) is 27.9 Å². The van der Waals surface area contributed by atoms with Crippen molar-refractivity contribution in [2.24, 2.45) is 0 Å². The zero-order valence-corrected chi connectivity index (χ0v) is 37.3. The Morgan fingerprint density at radius 3 is 1.81 bits per heavy atom. The molecule has 0 N–H and O–H groups in total. The van der Waals surface area contributed by atoms with Crippen LogP contribution in [0.15, 0.2) is 230 Å². The molecule has 0 saturated heterocycles. The number of para-hydroxylation sites is 6. The number of ether oxygens (including phenoxy) is 1. The average Bonchev–Trinajstić information content (AvgIpc) is 4.34. The Labute approximate surface area is 415 Å². The Bertz CT molecular complexity index is 4570. The van der Waals surface area contributed by atoms with Gasteiger partial charge in [0.05, 0.1) is 63.9 Å². The van der Waals surface area contributed by atoms with Gasteiger partial charge in [0.25, 0.3) is 6.33 Å². The molecule has 4 heterocycles. The molecule has 0 aliphatic carbocycles. The lowest BCUT2D eigenvalue weighted by Gasteiger charge is -2.17. The van der Waals surface area contributed by atoms with Gasteiger partial charge in [-0.2, -0.15) is 0 Å². The quantitative estimate of drug-likeness (QED) is 0.107. The molecule has 6 heteroatoms. The maximum absolute atomic E-state index is 9.11. The minimum atomic E-state index is -0.897. The highest BCUT2D eigenvalue weighted by molar-refractivity contribution is 6.16. The predicted octanol–water partition coefficient (Wildman–Crippen LogP) is 15.5. The van der Waals surface area contributed by atoms with Crippen molar-refractivity contribution in [1.29, 1.82) is 0 Å². The second-order valence-corrected chi connectivity index (χ2v) is 17.0. The Hall–Kier alpha value is -9.00. The number of hydrogen-bond donors (Lipinski definition) is 0. The van der Waals surface area contributed by atoms with Crippen LogP contribution in [-0.4, -0.2) is 18.7 Å². The summed E-state index contributed by atoms with van der Waals surface area (Å²) in [6.07, 6.45) is 5.23. The van der Waals surface area contributed by atoms with Gasteiger partial charge in [-0.1, -0.05) is 177 Å². The summed E-state index contributed by atoms with van der Waals surface area (Å²) in [6.45, 7) is 3.72. The van der Waals surface area contributed by atoms with E-state index in [2.05, 4.69) is 57.9 Å². The second kappa shape index (κ2) is 16.4. The summed E-state index contributed by atoms with van der Waals surface area (Å²) >= 11 is 0. The predicted molar refractivity (Wildman–Crippen MR) is 282 cm³/mol. The van der Waals surface area contributed by atoms with Crippen molar-refractivity contribution in [3.63, 3.8) is 0 Å². The first kappa shape index (κ1) is 30.3. The van der Waals surface area contributed by atoms with Crippen molar-refractivity contribution < 1.29 is 24.4 Å². The van der Waals surface area contributed by atoms with Crippen molar-refractivity contribution in [2.75, 3.05) is 0 Å². The molecule has 0 bridgehead atoms. The third-order valence-corrected chi connectivity index (χ3v) is 12.8. The van der Waals surface area contributed by atoms with Crippen LogP contribution in [0.3, 0.4) is 0 Å². The van der Waals surface area contributed by atoms with Crippen LogP contribution in [0.2, 0.25) is 0 Å². The molecule has 0 spiro atoms. The molecule has 0 unspecified atom stereocenters. The van der Waals surface area contributed by atoms with Gasteiger partial charge in [0.1, 0.15) is 17.3 Å². The zero-order valence-electron chi connectivity index (χ0n) is 48.3.